The minimum absolute atomic E-state index is 0. The molecule has 0 aliphatic carbocycles. The van der Waals surface area contributed by atoms with Crippen LogP contribution in [0.15, 0.2) is 30.3 Å². The number of nitrogens with zero attached hydrogens (tertiary/aromatic N) is 1. The maximum atomic E-state index is 12.9. The number of carbonyl (C=O) groups excluding carboxylic acids is 3. The van der Waals surface area contributed by atoms with Crippen molar-refractivity contribution in [2.75, 3.05) is 20.1 Å². The molecule has 1 saturated heterocycles. The number of benzene rings is 1. The molecule has 11 nitrogen and oxygen atoms in total. The Bertz CT molecular complexity index is 744. The van der Waals surface area contributed by atoms with Gasteiger partial charge in [-0.25, -0.2) is 0 Å². The van der Waals surface area contributed by atoms with Gasteiger partial charge in [-0.2, -0.15) is 0 Å². The lowest BCUT2D eigenvalue weighted by atomic mass is 10.0. The molecule has 1 aliphatic heterocycles. The minimum atomic E-state index is -0.627. The van der Waals surface area contributed by atoms with Crippen LogP contribution in [0.3, 0.4) is 0 Å². The first-order valence-corrected chi connectivity index (χ1v) is 10.3. The number of aldehydes is 1. The van der Waals surface area contributed by atoms with E-state index in [1.807, 2.05) is 37.4 Å². The van der Waals surface area contributed by atoms with E-state index >= 15 is 0 Å². The summed E-state index contributed by atoms with van der Waals surface area (Å²) in [6.07, 6.45) is 3.33. The van der Waals surface area contributed by atoms with E-state index in [1.165, 1.54) is 0 Å². The van der Waals surface area contributed by atoms with Crippen molar-refractivity contribution in [2.24, 2.45) is 5.73 Å². The molecule has 1 heterocycles. The topological polar surface area (TPSA) is 203 Å². The Hall–Kier alpha value is -2.44. The fraction of sp³-hybridized carbons (Fsp3) is 0.524. The second-order valence-electron chi connectivity index (χ2n) is 7.44. The predicted molar refractivity (Wildman–Crippen MR) is 136 cm³/mol. The fourth-order valence-corrected chi connectivity index (χ4v) is 3.70. The summed E-state index contributed by atoms with van der Waals surface area (Å²) in [5, 5.41) is 15.7. The van der Waals surface area contributed by atoms with Crippen LogP contribution >= 0.6 is 24.8 Å². The van der Waals surface area contributed by atoms with E-state index in [1.54, 1.807) is 4.90 Å². The highest BCUT2D eigenvalue weighted by atomic mass is 35.5. The van der Waals surface area contributed by atoms with Gasteiger partial charge in [0.25, 0.3) is 0 Å². The molecule has 196 valence electrons. The molecule has 10 N–H and O–H groups in total. The molecule has 1 aliphatic rings. The number of halogens is 2. The molecule has 1 aromatic carbocycles. The van der Waals surface area contributed by atoms with Crippen LogP contribution in [0, 0.1) is 5.41 Å². The van der Waals surface area contributed by atoms with Gasteiger partial charge in [0.2, 0.25) is 11.8 Å². The van der Waals surface area contributed by atoms with E-state index in [-0.39, 0.29) is 66.0 Å². The quantitative estimate of drug-likeness (QED) is 0.111. The maximum Gasteiger partial charge on any atom is 0.243 e. The van der Waals surface area contributed by atoms with Crippen molar-refractivity contribution >= 4 is 48.9 Å². The van der Waals surface area contributed by atoms with Crippen LogP contribution in [0.1, 0.15) is 43.7 Å². The van der Waals surface area contributed by atoms with Gasteiger partial charge in [-0.3, -0.25) is 15.0 Å². The normalized spacial score (nSPS) is 15.7. The number of hydrogen-bond donors (Lipinski definition) is 5. The third-order valence-electron chi connectivity index (χ3n) is 5.30. The van der Waals surface area contributed by atoms with Gasteiger partial charge in [-0.05, 0) is 38.3 Å². The molecule has 1 fully saturated rings. The third-order valence-corrected chi connectivity index (χ3v) is 5.30. The average Bonchev–Trinajstić information content (AvgIpc) is 3.24. The van der Waals surface area contributed by atoms with Crippen molar-refractivity contribution in [2.45, 2.75) is 50.2 Å². The second-order valence-corrected chi connectivity index (χ2v) is 7.44. The molecular formula is C21H38Cl2N6O5. The minimum Gasteiger partial charge on any atom is -0.412 e. The molecule has 2 amide bonds. The van der Waals surface area contributed by atoms with Crippen LogP contribution in [0.5, 0.6) is 0 Å². The van der Waals surface area contributed by atoms with Gasteiger partial charge in [0.15, 0.2) is 5.96 Å². The highest BCUT2D eigenvalue weighted by Crippen LogP contribution is 2.23. The molecule has 0 saturated carbocycles. The molecule has 1 aromatic rings. The average molecular weight is 525 g/mol. The SMILES string of the molecule is CNC(CC(=O)N1CCC[C@H]1C(=O)N[C@H](C=O)CCCNC(=N)N)c1ccccc1.Cl.Cl.O.O. The second kappa shape index (κ2) is 18.9. The number of hydrogen-bond acceptors (Lipinski definition) is 5. The molecule has 1 unspecified atom stereocenters. The molecule has 0 radical (unpaired) electrons. The van der Waals surface area contributed by atoms with Crippen molar-refractivity contribution in [3.05, 3.63) is 35.9 Å². The number of nitrogens with one attached hydrogen (secondary N) is 4. The molecule has 13 heteroatoms. The monoisotopic (exact) mass is 524 g/mol. The molecule has 3 atom stereocenters. The Kier molecular flexibility index (Phi) is 20.1. The summed E-state index contributed by atoms with van der Waals surface area (Å²) in [5.74, 6) is -0.500. The zero-order valence-corrected chi connectivity index (χ0v) is 20.8. The Morgan fingerprint density at radius 2 is 1.88 bits per heavy atom. The van der Waals surface area contributed by atoms with Crippen LogP contribution in [0.4, 0.5) is 0 Å². The van der Waals surface area contributed by atoms with Gasteiger partial charge in [0.1, 0.15) is 12.3 Å². The van der Waals surface area contributed by atoms with Gasteiger partial charge in [0.05, 0.1) is 6.04 Å². The summed E-state index contributed by atoms with van der Waals surface area (Å²) in [6, 6.07) is 8.43. The number of likely N-dealkylation sites (tertiary alicyclic amines) is 1. The number of nitrogens with two attached hydrogens (primary N) is 1. The lowest BCUT2D eigenvalue weighted by molar-refractivity contribution is -0.139. The smallest absolute Gasteiger partial charge is 0.243 e. The van der Waals surface area contributed by atoms with Crippen LogP contribution in [0.25, 0.3) is 0 Å². The molecule has 0 spiro atoms. The van der Waals surface area contributed by atoms with Crippen LogP contribution in [-0.4, -0.2) is 72.1 Å². The maximum absolute atomic E-state index is 12.9. The summed E-state index contributed by atoms with van der Waals surface area (Å²) in [7, 11) is 1.81. The van der Waals surface area contributed by atoms with E-state index in [4.69, 9.17) is 11.1 Å². The summed E-state index contributed by atoms with van der Waals surface area (Å²) in [4.78, 5) is 38.7. The Balaban J connectivity index is -0.00000240. The predicted octanol–water partition coefficient (Wildman–Crippen LogP) is -0.531. The van der Waals surface area contributed by atoms with Crippen molar-refractivity contribution in [3.63, 3.8) is 0 Å². The first kappa shape index (κ1) is 36.1. The molecule has 2 rings (SSSR count). The largest absolute Gasteiger partial charge is 0.412 e. The molecule has 34 heavy (non-hydrogen) atoms. The zero-order valence-electron chi connectivity index (χ0n) is 19.2. The Morgan fingerprint density at radius 3 is 2.44 bits per heavy atom. The van der Waals surface area contributed by atoms with Gasteiger partial charge < -0.3 is 42.3 Å². The summed E-state index contributed by atoms with van der Waals surface area (Å²) in [6.45, 7) is 0.991. The lowest BCUT2D eigenvalue weighted by Gasteiger charge is -2.27. The van der Waals surface area contributed by atoms with Gasteiger partial charge in [0, 0.05) is 25.6 Å². The van der Waals surface area contributed by atoms with Crippen LogP contribution in [0.2, 0.25) is 0 Å². The first-order valence-electron chi connectivity index (χ1n) is 10.3. The van der Waals surface area contributed by atoms with Gasteiger partial charge in [-0.1, -0.05) is 30.3 Å². The first-order chi connectivity index (χ1) is 14.5. The van der Waals surface area contributed by atoms with Crippen molar-refractivity contribution in [1.29, 1.82) is 5.41 Å². The van der Waals surface area contributed by atoms with Crippen LogP contribution in [-0.2, 0) is 14.4 Å². The van der Waals surface area contributed by atoms with Crippen molar-refractivity contribution < 1.29 is 25.3 Å². The highest BCUT2D eigenvalue weighted by molar-refractivity contribution is 5.89. The fourth-order valence-electron chi connectivity index (χ4n) is 3.70. The third kappa shape index (κ3) is 11.1. The van der Waals surface area contributed by atoms with E-state index < -0.39 is 12.1 Å². The Morgan fingerprint density at radius 1 is 1.24 bits per heavy atom. The molecular weight excluding hydrogens is 487 g/mol. The molecule has 0 bridgehead atoms. The van der Waals surface area contributed by atoms with Crippen molar-refractivity contribution in [1.82, 2.24) is 20.9 Å². The van der Waals surface area contributed by atoms with Crippen molar-refractivity contribution in [3.8, 4) is 0 Å². The summed E-state index contributed by atoms with van der Waals surface area (Å²) >= 11 is 0. The standard InChI is InChI=1S/C21H32N6O3.2ClH.2H2O/c1-24-17(15-7-3-2-4-8-15)13-19(29)27-12-6-10-18(27)20(30)26-16(14-28)9-5-11-25-21(22)23;;;;/h2-4,7-8,14,16-18,24H,5-6,9-13H2,1H3,(H,26,30)(H4,22,23,25);2*1H;2*1H2/t16-,17?,18-;;;;/m0..../s1. The van der Waals surface area contributed by atoms with E-state index in [0.717, 1.165) is 12.0 Å². The number of carbonyl (C=O) groups is 3. The van der Waals surface area contributed by atoms with E-state index in [2.05, 4.69) is 16.0 Å². The molecule has 0 aromatic heterocycles. The van der Waals surface area contributed by atoms with E-state index in [0.29, 0.717) is 38.6 Å². The zero-order chi connectivity index (χ0) is 21.9. The van der Waals surface area contributed by atoms with Crippen LogP contribution < -0.4 is 21.7 Å². The number of amides is 2. The van der Waals surface area contributed by atoms with Gasteiger partial charge in [-0.15, -0.1) is 24.8 Å². The Labute approximate surface area is 212 Å². The summed E-state index contributed by atoms with van der Waals surface area (Å²) < 4.78 is 0. The highest BCUT2D eigenvalue weighted by Gasteiger charge is 2.35. The van der Waals surface area contributed by atoms with Gasteiger partial charge >= 0.3 is 0 Å². The lowest BCUT2D eigenvalue weighted by Crippen LogP contribution is -2.49. The number of guanidine groups is 1. The van der Waals surface area contributed by atoms with E-state index in [9.17, 15) is 14.4 Å². The summed E-state index contributed by atoms with van der Waals surface area (Å²) in [5.41, 5.74) is 6.24. The number of rotatable bonds is 11.